The number of nitrogens with zero attached hydrogens (tertiary/aromatic N) is 4. The SMILES string of the molecule is CCn1c([C@@H](NC(=O)c2cnc(C)cn2)[C@H]2CCOC2)nc2cc(F)ccc21. The first kappa shape index (κ1) is 18.5. The van der Waals surface area contributed by atoms with Crippen LogP contribution >= 0.6 is 0 Å². The van der Waals surface area contributed by atoms with Crippen molar-refractivity contribution in [2.75, 3.05) is 13.2 Å². The fourth-order valence-corrected chi connectivity index (χ4v) is 3.63. The van der Waals surface area contributed by atoms with Crippen molar-refractivity contribution in [1.29, 1.82) is 0 Å². The third-order valence-corrected chi connectivity index (χ3v) is 5.07. The molecule has 0 spiro atoms. The highest BCUT2D eigenvalue weighted by Crippen LogP contribution is 2.31. The van der Waals surface area contributed by atoms with Gasteiger partial charge in [-0.25, -0.2) is 14.4 Å². The van der Waals surface area contributed by atoms with E-state index in [-0.39, 0.29) is 29.4 Å². The molecule has 0 saturated carbocycles. The van der Waals surface area contributed by atoms with E-state index in [1.54, 1.807) is 12.3 Å². The summed E-state index contributed by atoms with van der Waals surface area (Å²) in [4.78, 5) is 25.8. The average molecular weight is 383 g/mol. The van der Waals surface area contributed by atoms with Gasteiger partial charge in [0.25, 0.3) is 5.91 Å². The predicted octanol–water partition coefficient (Wildman–Crippen LogP) is 2.80. The topological polar surface area (TPSA) is 81.9 Å². The van der Waals surface area contributed by atoms with E-state index in [1.165, 1.54) is 18.3 Å². The summed E-state index contributed by atoms with van der Waals surface area (Å²) in [5, 5.41) is 3.06. The monoisotopic (exact) mass is 383 g/mol. The Bertz CT molecular complexity index is 996. The van der Waals surface area contributed by atoms with Gasteiger partial charge in [-0.2, -0.15) is 0 Å². The molecular weight excluding hydrogens is 361 g/mol. The molecule has 3 heterocycles. The number of carbonyl (C=O) groups is 1. The van der Waals surface area contributed by atoms with E-state index in [2.05, 4.69) is 20.3 Å². The van der Waals surface area contributed by atoms with Gasteiger partial charge in [0.2, 0.25) is 0 Å². The van der Waals surface area contributed by atoms with Crippen molar-refractivity contribution in [2.45, 2.75) is 32.9 Å². The van der Waals surface area contributed by atoms with Gasteiger partial charge in [-0.05, 0) is 32.4 Å². The molecular formula is C20H22FN5O2. The number of amides is 1. The first-order valence-electron chi connectivity index (χ1n) is 9.39. The Kier molecular flexibility index (Phi) is 5.04. The summed E-state index contributed by atoms with van der Waals surface area (Å²) in [5.41, 5.74) is 2.41. The number of rotatable bonds is 5. The van der Waals surface area contributed by atoms with Gasteiger partial charge in [0.15, 0.2) is 0 Å². The Balaban J connectivity index is 1.73. The largest absolute Gasteiger partial charge is 0.381 e. The highest BCUT2D eigenvalue weighted by Gasteiger charge is 2.33. The van der Waals surface area contributed by atoms with Crippen molar-refractivity contribution in [3.8, 4) is 0 Å². The standard InChI is InChI=1S/C20H22FN5O2/c1-3-26-17-5-4-14(21)8-15(17)24-19(26)18(13-6-7-28-11-13)25-20(27)16-10-22-12(2)9-23-16/h4-5,8-10,13,18H,3,6-7,11H2,1-2H3,(H,25,27)/t13-,18-/m0/s1. The summed E-state index contributed by atoms with van der Waals surface area (Å²) in [6.07, 6.45) is 3.84. The van der Waals surface area contributed by atoms with Crippen molar-refractivity contribution < 1.29 is 13.9 Å². The minimum absolute atomic E-state index is 0.0781. The highest BCUT2D eigenvalue weighted by atomic mass is 19.1. The number of hydrogen-bond donors (Lipinski definition) is 1. The molecule has 28 heavy (non-hydrogen) atoms. The molecule has 7 nitrogen and oxygen atoms in total. The molecule has 1 fully saturated rings. The molecule has 1 N–H and O–H groups in total. The molecule has 0 radical (unpaired) electrons. The first-order chi connectivity index (χ1) is 13.6. The van der Waals surface area contributed by atoms with Gasteiger partial charge in [-0.15, -0.1) is 0 Å². The number of aromatic nitrogens is 4. The van der Waals surface area contributed by atoms with Gasteiger partial charge in [0.1, 0.15) is 17.3 Å². The van der Waals surface area contributed by atoms with E-state index in [4.69, 9.17) is 4.74 Å². The van der Waals surface area contributed by atoms with Crippen LogP contribution < -0.4 is 5.32 Å². The van der Waals surface area contributed by atoms with Gasteiger partial charge in [0, 0.05) is 31.3 Å². The number of hydrogen-bond acceptors (Lipinski definition) is 5. The van der Waals surface area contributed by atoms with Gasteiger partial charge in [-0.3, -0.25) is 9.78 Å². The minimum atomic E-state index is -0.367. The lowest BCUT2D eigenvalue weighted by atomic mass is 9.98. The summed E-state index contributed by atoms with van der Waals surface area (Å²) in [7, 11) is 0. The van der Waals surface area contributed by atoms with E-state index in [0.29, 0.717) is 31.1 Å². The molecule has 0 bridgehead atoms. The maximum absolute atomic E-state index is 13.7. The van der Waals surface area contributed by atoms with Gasteiger partial charge >= 0.3 is 0 Å². The molecule has 2 aromatic heterocycles. The Morgan fingerprint density at radius 1 is 1.39 bits per heavy atom. The second-order valence-electron chi connectivity index (χ2n) is 6.97. The Hall–Kier alpha value is -2.87. The van der Waals surface area contributed by atoms with Crippen LogP contribution in [0, 0.1) is 18.7 Å². The molecule has 2 atom stereocenters. The van der Waals surface area contributed by atoms with Crippen LogP contribution in [-0.4, -0.2) is 38.6 Å². The molecule has 1 aromatic carbocycles. The number of imidazole rings is 1. The third-order valence-electron chi connectivity index (χ3n) is 5.07. The predicted molar refractivity (Wildman–Crippen MR) is 101 cm³/mol. The minimum Gasteiger partial charge on any atom is -0.381 e. The second kappa shape index (κ2) is 7.63. The van der Waals surface area contributed by atoms with Crippen LogP contribution in [0.25, 0.3) is 11.0 Å². The van der Waals surface area contributed by atoms with E-state index in [9.17, 15) is 9.18 Å². The maximum atomic E-state index is 13.7. The number of nitrogens with one attached hydrogen (secondary N) is 1. The van der Waals surface area contributed by atoms with Crippen LogP contribution in [-0.2, 0) is 11.3 Å². The first-order valence-corrected chi connectivity index (χ1v) is 9.39. The Morgan fingerprint density at radius 3 is 2.93 bits per heavy atom. The highest BCUT2D eigenvalue weighted by molar-refractivity contribution is 5.92. The molecule has 3 aromatic rings. The number of carbonyl (C=O) groups excluding carboxylic acids is 1. The molecule has 1 saturated heterocycles. The molecule has 0 aliphatic carbocycles. The smallest absolute Gasteiger partial charge is 0.272 e. The fraction of sp³-hybridized carbons (Fsp3) is 0.400. The summed E-state index contributed by atoms with van der Waals surface area (Å²) < 4.78 is 21.3. The third kappa shape index (κ3) is 3.47. The van der Waals surface area contributed by atoms with Crippen LogP contribution in [0.3, 0.4) is 0 Å². The summed E-state index contributed by atoms with van der Waals surface area (Å²) in [6.45, 7) is 5.65. The van der Waals surface area contributed by atoms with Crippen molar-refractivity contribution in [3.63, 3.8) is 0 Å². The van der Waals surface area contributed by atoms with Crippen LogP contribution in [0.4, 0.5) is 4.39 Å². The normalized spacial score (nSPS) is 17.8. The lowest BCUT2D eigenvalue weighted by molar-refractivity contribution is 0.0906. The molecule has 1 aliphatic heterocycles. The summed E-state index contributed by atoms with van der Waals surface area (Å²) >= 11 is 0. The van der Waals surface area contributed by atoms with Gasteiger partial charge in [-0.1, -0.05) is 0 Å². The van der Waals surface area contributed by atoms with E-state index >= 15 is 0 Å². The zero-order valence-electron chi connectivity index (χ0n) is 15.9. The van der Waals surface area contributed by atoms with Gasteiger partial charge in [0.05, 0.1) is 35.6 Å². The number of ether oxygens (including phenoxy) is 1. The fourth-order valence-electron chi connectivity index (χ4n) is 3.63. The van der Waals surface area contributed by atoms with Crippen molar-refractivity contribution >= 4 is 16.9 Å². The van der Waals surface area contributed by atoms with Crippen LogP contribution in [0.2, 0.25) is 0 Å². The molecule has 0 unspecified atom stereocenters. The quantitative estimate of drug-likeness (QED) is 0.733. The molecule has 8 heteroatoms. The molecule has 146 valence electrons. The van der Waals surface area contributed by atoms with Gasteiger partial charge < -0.3 is 14.6 Å². The molecule has 1 aliphatic rings. The lowest BCUT2D eigenvalue weighted by Crippen LogP contribution is -2.36. The van der Waals surface area contributed by atoms with Crippen LogP contribution in [0.5, 0.6) is 0 Å². The van der Waals surface area contributed by atoms with Crippen LogP contribution in [0.15, 0.2) is 30.6 Å². The summed E-state index contributed by atoms with van der Waals surface area (Å²) in [5.74, 6) is 0.131. The zero-order valence-corrected chi connectivity index (χ0v) is 15.9. The molecule has 4 rings (SSSR count). The number of halogens is 1. The van der Waals surface area contributed by atoms with Crippen LogP contribution in [0.1, 0.15) is 41.4 Å². The molecule has 1 amide bonds. The number of aryl methyl sites for hydroxylation is 2. The average Bonchev–Trinajstić information content (AvgIpc) is 3.33. The van der Waals surface area contributed by atoms with E-state index < -0.39 is 0 Å². The Labute approximate surface area is 162 Å². The number of fused-ring (bicyclic) bond motifs is 1. The van der Waals surface area contributed by atoms with Crippen molar-refractivity contribution in [2.24, 2.45) is 5.92 Å². The zero-order chi connectivity index (χ0) is 19.7. The number of benzene rings is 1. The van der Waals surface area contributed by atoms with Crippen molar-refractivity contribution in [1.82, 2.24) is 24.8 Å². The summed E-state index contributed by atoms with van der Waals surface area (Å²) in [6, 6.07) is 4.20. The maximum Gasteiger partial charge on any atom is 0.272 e. The van der Waals surface area contributed by atoms with E-state index in [0.717, 1.165) is 17.6 Å². The lowest BCUT2D eigenvalue weighted by Gasteiger charge is -2.24. The van der Waals surface area contributed by atoms with E-state index in [1.807, 2.05) is 18.4 Å². The second-order valence-corrected chi connectivity index (χ2v) is 6.97. The van der Waals surface area contributed by atoms with Crippen molar-refractivity contribution in [3.05, 3.63) is 53.6 Å². The Morgan fingerprint density at radius 2 is 2.25 bits per heavy atom.